The largest absolute Gasteiger partial charge is 0.230 e. The second-order valence-electron chi connectivity index (χ2n) is 3.04. The minimum Gasteiger partial charge on any atom is -0.230 e. The normalized spacial score (nSPS) is 10.9. The molecule has 0 spiro atoms. The smallest absolute Gasteiger partial charge is 0.149 e. The summed E-state index contributed by atoms with van der Waals surface area (Å²) in [5, 5.41) is 0.927. The molecule has 0 amide bonds. The highest BCUT2D eigenvalue weighted by molar-refractivity contribution is 6.41. The Morgan fingerprint density at radius 2 is 2.00 bits per heavy atom. The molecule has 0 aliphatic rings. The van der Waals surface area contributed by atoms with Crippen molar-refractivity contribution in [1.29, 1.82) is 0 Å². The van der Waals surface area contributed by atoms with Gasteiger partial charge in [-0.1, -0.05) is 30.1 Å². The zero-order chi connectivity index (χ0) is 11.0. The maximum absolute atomic E-state index is 13.5. The van der Waals surface area contributed by atoms with Crippen LogP contribution in [0.5, 0.6) is 0 Å². The van der Waals surface area contributed by atoms with Gasteiger partial charge >= 0.3 is 0 Å². The molecule has 0 bridgehead atoms. The molecular weight excluding hydrogens is 238 g/mol. The van der Waals surface area contributed by atoms with Crippen molar-refractivity contribution in [2.75, 3.05) is 0 Å². The molecule has 0 aliphatic heterocycles. The zero-order valence-corrected chi connectivity index (χ0v) is 9.40. The quantitative estimate of drug-likeness (QED) is 0.717. The van der Waals surface area contributed by atoms with Crippen LogP contribution in [0.2, 0.25) is 10.2 Å². The third-order valence-electron chi connectivity index (χ3n) is 2.07. The monoisotopic (exact) mass is 244 g/mol. The summed E-state index contributed by atoms with van der Waals surface area (Å²) in [7, 11) is 0. The lowest BCUT2D eigenvalue weighted by Gasteiger charge is -2.04. The van der Waals surface area contributed by atoms with Gasteiger partial charge in [0.25, 0.3) is 0 Å². The van der Waals surface area contributed by atoms with E-state index in [0.29, 0.717) is 22.7 Å². The van der Waals surface area contributed by atoms with Crippen LogP contribution in [-0.2, 0) is 6.42 Å². The molecule has 1 aromatic heterocycles. The van der Waals surface area contributed by atoms with E-state index in [-0.39, 0.29) is 10.7 Å². The lowest BCUT2D eigenvalue weighted by molar-refractivity contribution is 0.635. The molecule has 0 unspecified atom stereocenters. The fraction of sp³-hybridized carbons (Fsp3) is 0.200. The van der Waals surface area contributed by atoms with E-state index in [1.54, 1.807) is 0 Å². The Labute approximate surface area is 96.1 Å². The van der Waals surface area contributed by atoms with E-state index in [1.807, 2.05) is 6.92 Å². The highest BCUT2D eigenvalue weighted by Crippen LogP contribution is 2.29. The van der Waals surface area contributed by atoms with E-state index >= 15 is 0 Å². The number of hydrogen-bond acceptors (Lipinski definition) is 2. The Hall–Kier alpha value is -0.930. The number of hydrogen-bond donors (Lipinski definition) is 0. The van der Waals surface area contributed by atoms with E-state index in [2.05, 4.69) is 9.97 Å². The Bertz CT molecular complexity index is 528. The summed E-state index contributed by atoms with van der Waals surface area (Å²) in [5.74, 6) is 0.0714. The number of benzene rings is 1. The van der Waals surface area contributed by atoms with Gasteiger partial charge in [-0.3, -0.25) is 0 Å². The van der Waals surface area contributed by atoms with Crippen LogP contribution in [0.15, 0.2) is 12.1 Å². The number of rotatable bonds is 1. The van der Waals surface area contributed by atoms with E-state index in [0.717, 1.165) is 0 Å². The van der Waals surface area contributed by atoms with Crippen LogP contribution in [0.25, 0.3) is 10.9 Å². The Morgan fingerprint density at radius 3 is 2.67 bits per heavy atom. The average molecular weight is 245 g/mol. The second kappa shape index (κ2) is 3.91. The minimum absolute atomic E-state index is 0.180. The SMILES string of the molecule is CCc1nc(Cl)c2c(Cl)ccc(F)c2n1. The second-order valence-corrected chi connectivity index (χ2v) is 3.80. The number of nitrogens with zero attached hydrogens (tertiary/aromatic N) is 2. The number of fused-ring (bicyclic) bond motifs is 1. The van der Waals surface area contributed by atoms with E-state index in [1.165, 1.54) is 12.1 Å². The van der Waals surface area contributed by atoms with Gasteiger partial charge in [0.15, 0.2) is 0 Å². The summed E-state index contributed by atoms with van der Waals surface area (Å²) in [6.45, 7) is 1.87. The number of aromatic nitrogens is 2. The van der Waals surface area contributed by atoms with Crippen molar-refractivity contribution >= 4 is 34.1 Å². The Balaban J connectivity index is 2.90. The van der Waals surface area contributed by atoms with E-state index in [9.17, 15) is 4.39 Å². The maximum atomic E-state index is 13.5. The molecule has 0 aliphatic carbocycles. The van der Waals surface area contributed by atoms with Crippen LogP contribution in [0.1, 0.15) is 12.7 Å². The zero-order valence-electron chi connectivity index (χ0n) is 7.89. The molecule has 0 radical (unpaired) electrons. The van der Waals surface area contributed by atoms with Gasteiger partial charge in [0.05, 0.1) is 10.4 Å². The number of halogens is 3. The summed E-state index contributed by atoms with van der Waals surface area (Å²) in [6, 6.07) is 2.72. The van der Waals surface area contributed by atoms with Crippen LogP contribution in [0.3, 0.4) is 0 Å². The molecule has 0 saturated carbocycles. The Kier molecular flexibility index (Phi) is 2.76. The first-order valence-corrected chi connectivity index (χ1v) is 5.19. The molecule has 78 valence electrons. The van der Waals surface area contributed by atoms with Crippen molar-refractivity contribution in [3.05, 3.63) is 34.0 Å². The van der Waals surface area contributed by atoms with Crippen molar-refractivity contribution in [3.8, 4) is 0 Å². The molecule has 0 atom stereocenters. The van der Waals surface area contributed by atoms with Crippen molar-refractivity contribution in [3.63, 3.8) is 0 Å². The number of aryl methyl sites for hydroxylation is 1. The van der Waals surface area contributed by atoms with Crippen LogP contribution >= 0.6 is 23.2 Å². The van der Waals surface area contributed by atoms with Gasteiger partial charge in [0.1, 0.15) is 22.3 Å². The van der Waals surface area contributed by atoms with E-state index in [4.69, 9.17) is 23.2 Å². The Morgan fingerprint density at radius 1 is 1.27 bits per heavy atom. The fourth-order valence-corrected chi connectivity index (χ4v) is 1.91. The lowest BCUT2D eigenvalue weighted by Crippen LogP contribution is -1.96. The van der Waals surface area contributed by atoms with Gasteiger partial charge in [-0.25, -0.2) is 14.4 Å². The van der Waals surface area contributed by atoms with Gasteiger partial charge < -0.3 is 0 Å². The van der Waals surface area contributed by atoms with Gasteiger partial charge in [0.2, 0.25) is 0 Å². The molecule has 2 rings (SSSR count). The summed E-state index contributed by atoms with van der Waals surface area (Å²) in [5.41, 5.74) is 0.180. The third-order valence-corrected chi connectivity index (χ3v) is 2.66. The van der Waals surface area contributed by atoms with Crippen molar-refractivity contribution in [2.24, 2.45) is 0 Å². The molecule has 1 heterocycles. The molecule has 15 heavy (non-hydrogen) atoms. The van der Waals surface area contributed by atoms with Crippen molar-refractivity contribution in [2.45, 2.75) is 13.3 Å². The average Bonchev–Trinajstić information content (AvgIpc) is 2.23. The first-order chi connectivity index (χ1) is 7.13. The fourth-order valence-electron chi connectivity index (χ4n) is 1.33. The first-order valence-electron chi connectivity index (χ1n) is 4.43. The summed E-state index contributed by atoms with van der Waals surface area (Å²) in [4.78, 5) is 8.08. The summed E-state index contributed by atoms with van der Waals surface area (Å²) < 4.78 is 13.5. The lowest BCUT2D eigenvalue weighted by atomic mass is 10.2. The first kappa shape index (κ1) is 10.6. The highest BCUT2D eigenvalue weighted by Gasteiger charge is 2.12. The molecule has 2 nitrogen and oxygen atoms in total. The predicted molar refractivity (Wildman–Crippen MR) is 58.9 cm³/mol. The van der Waals surface area contributed by atoms with Crippen LogP contribution < -0.4 is 0 Å². The molecule has 2 aromatic rings. The van der Waals surface area contributed by atoms with Crippen molar-refractivity contribution < 1.29 is 4.39 Å². The standard InChI is InChI=1S/C10H7Cl2FN2/c1-2-7-14-9-6(13)4-3-5(11)8(9)10(12)15-7/h3-4H,2H2,1H3. The molecular formula is C10H7Cl2FN2. The van der Waals surface area contributed by atoms with Crippen LogP contribution in [-0.4, -0.2) is 9.97 Å². The summed E-state index contributed by atoms with van der Waals surface area (Å²) >= 11 is 11.8. The maximum Gasteiger partial charge on any atom is 0.149 e. The van der Waals surface area contributed by atoms with Crippen molar-refractivity contribution in [1.82, 2.24) is 9.97 Å². The molecule has 1 aromatic carbocycles. The molecule has 0 N–H and O–H groups in total. The van der Waals surface area contributed by atoms with Gasteiger partial charge in [-0.15, -0.1) is 0 Å². The molecule has 5 heteroatoms. The van der Waals surface area contributed by atoms with Crippen LogP contribution in [0, 0.1) is 5.82 Å². The van der Waals surface area contributed by atoms with E-state index < -0.39 is 5.82 Å². The van der Waals surface area contributed by atoms with Gasteiger partial charge in [0, 0.05) is 6.42 Å². The van der Waals surface area contributed by atoms with Gasteiger partial charge in [-0.2, -0.15) is 0 Å². The topological polar surface area (TPSA) is 25.8 Å². The molecule has 0 fully saturated rings. The highest BCUT2D eigenvalue weighted by atomic mass is 35.5. The predicted octanol–water partition coefficient (Wildman–Crippen LogP) is 3.64. The summed E-state index contributed by atoms with van der Waals surface area (Å²) in [6.07, 6.45) is 0.599. The van der Waals surface area contributed by atoms with Gasteiger partial charge in [-0.05, 0) is 12.1 Å². The van der Waals surface area contributed by atoms with Crippen LogP contribution in [0.4, 0.5) is 4.39 Å². The minimum atomic E-state index is -0.437. The molecule has 0 saturated heterocycles. The third kappa shape index (κ3) is 1.77.